The van der Waals surface area contributed by atoms with Gasteiger partial charge >= 0.3 is 0 Å². The first-order valence-corrected chi connectivity index (χ1v) is 9.41. The van der Waals surface area contributed by atoms with Crippen molar-refractivity contribution in [3.8, 4) is 0 Å². The number of rotatable bonds is 5. The molecule has 0 aromatic carbocycles. The number of hydrogen-bond acceptors (Lipinski definition) is 5. The quantitative estimate of drug-likeness (QED) is 0.825. The summed E-state index contributed by atoms with van der Waals surface area (Å²) in [5.41, 5.74) is 2.97. The van der Waals surface area contributed by atoms with E-state index in [9.17, 15) is 4.79 Å². The van der Waals surface area contributed by atoms with Gasteiger partial charge in [-0.1, -0.05) is 11.2 Å². The van der Waals surface area contributed by atoms with Gasteiger partial charge in [-0.25, -0.2) is 0 Å². The minimum absolute atomic E-state index is 0.187. The number of carbonyl (C=O) groups is 1. The number of nitrogens with zero attached hydrogens (tertiary/aromatic N) is 4. The highest BCUT2D eigenvalue weighted by atomic mass is 16.5. The summed E-state index contributed by atoms with van der Waals surface area (Å²) in [7, 11) is 0. The fraction of sp³-hybridized carbons (Fsp3) is 0.550. The van der Waals surface area contributed by atoms with E-state index in [0.29, 0.717) is 12.5 Å². The zero-order valence-corrected chi connectivity index (χ0v) is 15.6. The number of likely N-dealkylation sites (tertiary alicyclic amines) is 2. The van der Waals surface area contributed by atoms with Gasteiger partial charge in [0, 0.05) is 31.4 Å². The van der Waals surface area contributed by atoms with E-state index in [1.54, 1.807) is 6.20 Å². The van der Waals surface area contributed by atoms with Crippen LogP contribution in [0.15, 0.2) is 28.9 Å². The standard InChI is InChI=1S/C20H26N4O2/c1-15-18(16(2)26-22-15)6-10-23-11-7-20(14-23)8-12-24(19(20)25)13-17-5-3-4-9-21-17/h3-5,9H,6-8,10-14H2,1-2H3. The van der Waals surface area contributed by atoms with Crippen molar-refractivity contribution in [2.75, 3.05) is 26.2 Å². The third-order valence-corrected chi connectivity index (χ3v) is 5.97. The van der Waals surface area contributed by atoms with E-state index >= 15 is 0 Å². The topological polar surface area (TPSA) is 62.5 Å². The zero-order valence-electron chi connectivity index (χ0n) is 15.6. The van der Waals surface area contributed by atoms with Gasteiger partial charge in [0.2, 0.25) is 5.91 Å². The molecule has 1 amide bonds. The first-order valence-electron chi connectivity index (χ1n) is 9.41. The Labute approximate surface area is 154 Å². The molecule has 0 aliphatic carbocycles. The summed E-state index contributed by atoms with van der Waals surface area (Å²) in [6, 6.07) is 5.87. The molecule has 2 saturated heterocycles. The van der Waals surface area contributed by atoms with Crippen molar-refractivity contribution in [3.63, 3.8) is 0 Å². The maximum atomic E-state index is 13.1. The molecule has 4 heterocycles. The molecule has 0 radical (unpaired) electrons. The van der Waals surface area contributed by atoms with E-state index in [1.165, 1.54) is 5.56 Å². The van der Waals surface area contributed by atoms with Gasteiger partial charge in [0.1, 0.15) is 5.76 Å². The molecule has 2 aromatic heterocycles. The highest BCUT2D eigenvalue weighted by Crippen LogP contribution is 2.41. The predicted molar refractivity (Wildman–Crippen MR) is 97.4 cm³/mol. The summed E-state index contributed by atoms with van der Waals surface area (Å²) in [6.45, 7) is 8.25. The minimum atomic E-state index is -0.187. The average Bonchev–Trinajstić information content (AvgIpc) is 3.30. The molecule has 2 aromatic rings. The molecule has 26 heavy (non-hydrogen) atoms. The van der Waals surface area contributed by atoms with Gasteiger partial charge in [-0.2, -0.15) is 0 Å². The van der Waals surface area contributed by atoms with Gasteiger partial charge in [-0.05, 0) is 51.8 Å². The Balaban J connectivity index is 1.36. The van der Waals surface area contributed by atoms with Crippen LogP contribution >= 0.6 is 0 Å². The minimum Gasteiger partial charge on any atom is -0.361 e. The Kier molecular flexibility index (Phi) is 4.53. The van der Waals surface area contributed by atoms with Gasteiger partial charge in [-0.15, -0.1) is 0 Å². The lowest BCUT2D eigenvalue weighted by Gasteiger charge is -2.23. The molecular formula is C20H26N4O2. The summed E-state index contributed by atoms with van der Waals surface area (Å²) in [5.74, 6) is 1.22. The third kappa shape index (κ3) is 3.14. The molecule has 6 nitrogen and oxygen atoms in total. The molecule has 138 valence electrons. The number of carbonyl (C=O) groups excluding carboxylic acids is 1. The Morgan fingerprint density at radius 3 is 2.81 bits per heavy atom. The molecule has 2 aliphatic rings. The first kappa shape index (κ1) is 17.2. The lowest BCUT2D eigenvalue weighted by atomic mass is 9.85. The normalized spacial score (nSPS) is 23.5. The van der Waals surface area contributed by atoms with Gasteiger partial charge in [0.15, 0.2) is 0 Å². The van der Waals surface area contributed by atoms with Crippen molar-refractivity contribution in [2.24, 2.45) is 5.41 Å². The van der Waals surface area contributed by atoms with Crippen molar-refractivity contribution < 1.29 is 9.32 Å². The smallest absolute Gasteiger partial charge is 0.230 e. The summed E-state index contributed by atoms with van der Waals surface area (Å²) < 4.78 is 5.26. The van der Waals surface area contributed by atoms with Gasteiger partial charge in [0.25, 0.3) is 0 Å². The van der Waals surface area contributed by atoms with E-state index in [1.807, 2.05) is 36.9 Å². The highest BCUT2D eigenvalue weighted by molar-refractivity contribution is 5.85. The lowest BCUT2D eigenvalue weighted by Crippen LogP contribution is -2.37. The second kappa shape index (κ2) is 6.83. The van der Waals surface area contributed by atoms with Crippen LogP contribution in [0.5, 0.6) is 0 Å². The van der Waals surface area contributed by atoms with Crippen LogP contribution in [-0.2, 0) is 17.8 Å². The molecule has 0 bridgehead atoms. The van der Waals surface area contributed by atoms with Crippen LogP contribution in [0.1, 0.15) is 35.6 Å². The number of hydrogen-bond donors (Lipinski definition) is 0. The van der Waals surface area contributed by atoms with Crippen LogP contribution in [0.25, 0.3) is 0 Å². The molecule has 2 aliphatic heterocycles. The monoisotopic (exact) mass is 354 g/mol. The fourth-order valence-electron chi connectivity index (χ4n) is 4.39. The Morgan fingerprint density at radius 1 is 1.23 bits per heavy atom. The van der Waals surface area contributed by atoms with Crippen LogP contribution in [0, 0.1) is 19.3 Å². The van der Waals surface area contributed by atoms with Crippen LogP contribution in [-0.4, -0.2) is 52.0 Å². The maximum Gasteiger partial charge on any atom is 0.230 e. The second-order valence-electron chi connectivity index (χ2n) is 7.66. The van der Waals surface area contributed by atoms with Gasteiger partial charge in [0.05, 0.1) is 23.3 Å². The van der Waals surface area contributed by atoms with Crippen LogP contribution in [0.2, 0.25) is 0 Å². The van der Waals surface area contributed by atoms with Crippen molar-refractivity contribution in [1.82, 2.24) is 19.9 Å². The Hall–Kier alpha value is -2.21. The van der Waals surface area contributed by atoms with Crippen LogP contribution < -0.4 is 0 Å². The van der Waals surface area contributed by atoms with Gasteiger partial charge < -0.3 is 14.3 Å². The molecule has 6 heteroatoms. The van der Waals surface area contributed by atoms with E-state index in [-0.39, 0.29) is 5.41 Å². The van der Waals surface area contributed by atoms with Gasteiger partial charge in [-0.3, -0.25) is 9.78 Å². The molecule has 1 spiro atoms. The Bertz CT molecular complexity index is 769. The zero-order chi connectivity index (χ0) is 18.1. The molecular weight excluding hydrogens is 328 g/mol. The van der Waals surface area contributed by atoms with Crippen molar-refractivity contribution in [1.29, 1.82) is 0 Å². The molecule has 1 unspecified atom stereocenters. The maximum absolute atomic E-state index is 13.1. The number of aryl methyl sites for hydroxylation is 2. The molecule has 0 saturated carbocycles. The van der Waals surface area contributed by atoms with E-state index < -0.39 is 0 Å². The van der Waals surface area contributed by atoms with Crippen molar-refractivity contribution in [3.05, 3.63) is 47.1 Å². The molecule has 2 fully saturated rings. The first-order chi connectivity index (χ1) is 12.6. The Morgan fingerprint density at radius 2 is 2.08 bits per heavy atom. The largest absolute Gasteiger partial charge is 0.361 e. The van der Waals surface area contributed by atoms with E-state index in [0.717, 1.165) is 62.6 Å². The number of aromatic nitrogens is 2. The SMILES string of the molecule is Cc1noc(C)c1CCN1CCC2(CCN(Cc3ccccn3)C2=O)C1. The number of pyridine rings is 1. The molecule has 0 N–H and O–H groups in total. The summed E-state index contributed by atoms with van der Waals surface area (Å²) in [5, 5.41) is 4.03. The van der Waals surface area contributed by atoms with Crippen molar-refractivity contribution >= 4 is 5.91 Å². The summed E-state index contributed by atoms with van der Waals surface area (Å²) >= 11 is 0. The second-order valence-corrected chi connectivity index (χ2v) is 7.66. The average molecular weight is 354 g/mol. The highest BCUT2D eigenvalue weighted by Gasteiger charge is 2.50. The van der Waals surface area contributed by atoms with E-state index in [2.05, 4.69) is 15.0 Å². The lowest BCUT2D eigenvalue weighted by molar-refractivity contribution is -0.136. The fourth-order valence-corrected chi connectivity index (χ4v) is 4.39. The van der Waals surface area contributed by atoms with Crippen LogP contribution in [0.4, 0.5) is 0 Å². The predicted octanol–water partition coefficient (Wildman–Crippen LogP) is 2.35. The van der Waals surface area contributed by atoms with Crippen LogP contribution in [0.3, 0.4) is 0 Å². The summed E-state index contributed by atoms with van der Waals surface area (Å²) in [6.07, 6.45) is 4.65. The molecule has 4 rings (SSSR count). The number of amides is 1. The summed E-state index contributed by atoms with van der Waals surface area (Å²) in [4.78, 5) is 21.8. The molecule has 1 atom stereocenters. The third-order valence-electron chi connectivity index (χ3n) is 5.97. The van der Waals surface area contributed by atoms with Crippen molar-refractivity contribution in [2.45, 2.75) is 39.7 Å². The van der Waals surface area contributed by atoms with E-state index in [4.69, 9.17) is 4.52 Å².